The first-order valence-electron chi connectivity index (χ1n) is 8.92. The van der Waals surface area contributed by atoms with Crippen molar-refractivity contribution in [3.8, 4) is 0 Å². The van der Waals surface area contributed by atoms with Crippen molar-refractivity contribution in [2.24, 2.45) is 0 Å². The molecule has 150 valence electrons. The average molecular weight is 397 g/mol. The van der Waals surface area contributed by atoms with Gasteiger partial charge in [-0.15, -0.1) is 0 Å². The summed E-state index contributed by atoms with van der Waals surface area (Å²) in [6.45, 7) is 1.27. The van der Waals surface area contributed by atoms with Gasteiger partial charge in [-0.05, 0) is 29.8 Å². The molecular weight excluding hydrogens is 377 g/mol. The monoisotopic (exact) mass is 397 g/mol. The first-order chi connectivity index (χ1) is 13.8. The van der Waals surface area contributed by atoms with Gasteiger partial charge in [-0.25, -0.2) is 9.29 Å². The zero-order chi connectivity index (χ0) is 21.1. The number of nitrogens with one attached hydrogen (secondary N) is 1. The molecule has 1 heterocycles. The third-order valence-corrected chi connectivity index (χ3v) is 4.46. The van der Waals surface area contributed by atoms with Crippen LogP contribution in [0.1, 0.15) is 12.5 Å². The van der Waals surface area contributed by atoms with Crippen molar-refractivity contribution in [2.45, 2.75) is 6.92 Å². The first-order valence-corrected chi connectivity index (χ1v) is 8.92. The zero-order valence-corrected chi connectivity index (χ0v) is 16.0. The van der Waals surface area contributed by atoms with Crippen molar-refractivity contribution < 1.29 is 23.9 Å². The normalized spacial score (nSPS) is 13.9. The number of para-hydroxylation sites is 1. The van der Waals surface area contributed by atoms with Crippen molar-refractivity contribution in [1.82, 2.24) is 4.90 Å². The van der Waals surface area contributed by atoms with Crippen LogP contribution in [-0.2, 0) is 14.4 Å². The van der Waals surface area contributed by atoms with Gasteiger partial charge in [0, 0.05) is 26.2 Å². The molecule has 0 atom stereocenters. The summed E-state index contributed by atoms with van der Waals surface area (Å²) in [6, 6.07) is 12.0. The van der Waals surface area contributed by atoms with Gasteiger partial charge in [-0.2, -0.15) is 0 Å². The predicted molar refractivity (Wildman–Crippen MR) is 106 cm³/mol. The van der Waals surface area contributed by atoms with Crippen LogP contribution in [0.5, 0.6) is 0 Å². The predicted octanol–water partition coefficient (Wildman–Crippen LogP) is 1.99. The molecule has 7 nitrogen and oxygen atoms in total. The Labute approximate surface area is 167 Å². The number of carbonyl (C=O) groups excluding carboxylic acids is 3. The van der Waals surface area contributed by atoms with Crippen LogP contribution in [0.25, 0.3) is 5.57 Å². The molecule has 0 bridgehead atoms. The molecule has 0 aliphatic carbocycles. The fraction of sp³-hybridized carbons (Fsp3) is 0.190. The van der Waals surface area contributed by atoms with Crippen molar-refractivity contribution in [1.29, 1.82) is 0 Å². The number of rotatable bonds is 6. The number of halogens is 1. The summed E-state index contributed by atoms with van der Waals surface area (Å²) in [7, 11) is 1.58. The number of hydrogen-bond donors (Lipinski definition) is 2. The highest BCUT2D eigenvalue weighted by Gasteiger charge is 2.42. The van der Waals surface area contributed by atoms with Gasteiger partial charge in [0.15, 0.2) is 0 Å². The molecule has 2 N–H and O–H groups in total. The van der Waals surface area contributed by atoms with Gasteiger partial charge in [0.1, 0.15) is 11.5 Å². The van der Waals surface area contributed by atoms with E-state index in [4.69, 9.17) is 0 Å². The van der Waals surface area contributed by atoms with E-state index < -0.39 is 17.6 Å². The van der Waals surface area contributed by atoms with Gasteiger partial charge in [0.2, 0.25) is 5.91 Å². The Morgan fingerprint density at radius 3 is 2.34 bits per heavy atom. The summed E-state index contributed by atoms with van der Waals surface area (Å²) in [5.41, 5.74) is 1.01. The molecular formula is C21H20FN3O4. The Kier molecular flexibility index (Phi) is 5.74. The zero-order valence-electron chi connectivity index (χ0n) is 16.0. The van der Waals surface area contributed by atoms with Crippen LogP contribution >= 0.6 is 0 Å². The second-order valence-electron chi connectivity index (χ2n) is 6.52. The molecule has 0 spiro atoms. The van der Waals surface area contributed by atoms with E-state index in [1.165, 1.54) is 36.1 Å². The summed E-state index contributed by atoms with van der Waals surface area (Å²) in [4.78, 5) is 39.7. The molecule has 8 heteroatoms. The van der Waals surface area contributed by atoms with Crippen LogP contribution in [0.2, 0.25) is 0 Å². The summed E-state index contributed by atoms with van der Waals surface area (Å²) in [5, 5.41) is 11.9. The van der Waals surface area contributed by atoms with Crippen LogP contribution < -0.4 is 10.2 Å². The Balaban J connectivity index is 2.09. The van der Waals surface area contributed by atoms with E-state index in [-0.39, 0.29) is 36.0 Å². The minimum absolute atomic E-state index is 0.0691. The molecule has 0 saturated carbocycles. The molecule has 0 unspecified atom stereocenters. The molecule has 1 aliphatic heterocycles. The van der Waals surface area contributed by atoms with E-state index in [1.807, 2.05) is 0 Å². The second-order valence-corrected chi connectivity index (χ2v) is 6.52. The largest absolute Gasteiger partial charge is 0.395 e. The minimum Gasteiger partial charge on any atom is -0.395 e. The lowest BCUT2D eigenvalue weighted by atomic mass is 10.0. The van der Waals surface area contributed by atoms with Gasteiger partial charge >= 0.3 is 0 Å². The van der Waals surface area contributed by atoms with Crippen LogP contribution in [0.4, 0.5) is 15.8 Å². The Morgan fingerprint density at radius 2 is 1.76 bits per heavy atom. The topological polar surface area (TPSA) is 90.0 Å². The van der Waals surface area contributed by atoms with E-state index in [0.717, 1.165) is 4.90 Å². The van der Waals surface area contributed by atoms with Gasteiger partial charge in [-0.3, -0.25) is 14.4 Å². The van der Waals surface area contributed by atoms with Crippen LogP contribution in [-0.4, -0.2) is 47.9 Å². The fourth-order valence-corrected chi connectivity index (χ4v) is 3.17. The van der Waals surface area contributed by atoms with Crippen molar-refractivity contribution in [3.05, 3.63) is 65.6 Å². The highest BCUT2D eigenvalue weighted by molar-refractivity contribution is 6.45. The van der Waals surface area contributed by atoms with Crippen LogP contribution in [0.3, 0.4) is 0 Å². The number of benzene rings is 2. The number of aliphatic hydroxyl groups is 1. The quantitative estimate of drug-likeness (QED) is 0.728. The maximum atomic E-state index is 14.3. The molecule has 29 heavy (non-hydrogen) atoms. The Bertz CT molecular complexity index is 1000. The average Bonchev–Trinajstić information content (AvgIpc) is 2.93. The first kappa shape index (κ1) is 20.2. The van der Waals surface area contributed by atoms with Gasteiger partial charge in [0.05, 0.1) is 17.9 Å². The van der Waals surface area contributed by atoms with E-state index in [9.17, 15) is 23.9 Å². The van der Waals surface area contributed by atoms with Crippen molar-refractivity contribution in [2.75, 3.05) is 30.4 Å². The molecule has 2 aromatic carbocycles. The maximum absolute atomic E-state index is 14.3. The third kappa shape index (κ3) is 3.88. The second kappa shape index (κ2) is 8.24. The molecule has 2 aromatic rings. The van der Waals surface area contributed by atoms with E-state index in [2.05, 4.69) is 5.32 Å². The van der Waals surface area contributed by atoms with Gasteiger partial charge in [-0.1, -0.05) is 24.3 Å². The van der Waals surface area contributed by atoms with Crippen molar-refractivity contribution in [3.63, 3.8) is 0 Å². The number of imide groups is 1. The lowest BCUT2D eigenvalue weighted by Crippen LogP contribution is -2.35. The number of nitrogens with zero attached hydrogens (tertiary/aromatic N) is 2. The summed E-state index contributed by atoms with van der Waals surface area (Å²) >= 11 is 0. The maximum Gasteiger partial charge on any atom is 0.282 e. The SMILES string of the molecule is CC(=O)Nc1ccc(C2=C(N(C)CCO)C(=O)N(c3ccccc3F)C2=O)cc1. The molecule has 0 aromatic heterocycles. The number of aliphatic hydroxyl groups excluding tert-OH is 1. The van der Waals surface area contributed by atoms with Crippen LogP contribution in [0, 0.1) is 5.82 Å². The van der Waals surface area contributed by atoms with E-state index in [0.29, 0.717) is 11.3 Å². The Hall–Kier alpha value is -3.52. The van der Waals surface area contributed by atoms with Crippen molar-refractivity contribution >= 4 is 34.7 Å². The molecule has 0 saturated heterocycles. The third-order valence-electron chi connectivity index (χ3n) is 4.46. The number of amides is 3. The number of hydrogen-bond acceptors (Lipinski definition) is 5. The highest BCUT2D eigenvalue weighted by atomic mass is 19.1. The lowest BCUT2D eigenvalue weighted by molar-refractivity contribution is -0.120. The van der Waals surface area contributed by atoms with Crippen LogP contribution in [0.15, 0.2) is 54.2 Å². The summed E-state index contributed by atoms with van der Waals surface area (Å²) in [6.07, 6.45) is 0. The van der Waals surface area contributed by atoms with Gasteiger partial charge in [0.25, 0.3) is 11.8 Å². The smallest absolute Gasteiger partial charge is 0.282 e. The standard InChI is InChI=1S/C21H20FN3O4/c1-13(27)23-15-9-7-14(8-10-15)18-19(24(2)11-12-26)21(29)25(20(18)28)17-6-4-3-5-16(17)22/h3-10,26H,11-12H2,1-2H3,(H,23,27). The van der Waals surface area contributed by atoms with Gasteiger partial charge < -0.3 is 15.3 Å². The summed E-state index contributed by atoms with van der Waals surface area (Å²) < 4.78 is 14.3. The fourth-order valence-electron chi connectivity index (χ4n) is 3.17. The van der Waals surface area contributed by atoms with E-state index in [1.54, 1.807) is 31.3 Å². The highest BCUT2D eigenvalue weighted by Crippen LogP contribution is 2.35. The molecule has 0 radical (unpaired) electrons. The molecule has 0 fully saturated rings. The molecule has 3 amide bonds. The number of anilines is 2. The molecule has 1 aliphatic rings. The number of carbonyl (C=O) groups is 3. The minimum atomic E-state index is -0.694. The Morgan fingerprint density at radius 1 is 1.10 bits per heavy atom. The lowest BCUT2D eigenvalue weighted by Gasteiger charge is -2.20. The summed E-state index contributed by atoms with van der Waals surface area (Å²) in [5.74, 6) is -2.26. The molecule has 3 rings (SSSR count). The van der Waals surface area contributed by atoms with E-state index >= 15 is 0 Å². The number of likely N-dealkylation sites (N-methyl/N-ethyl adjacent to an activating group) is 1.